The van der Waals surface area contributed by atoms with Gasteiger partial charge in [-0.3, -0.25) is 4.79 Å². The lowest BCUT2D eigenvalue weighted by Crippen LogP contribution is -2.64. The van der Waals surface area contributed by atoms with Crippen LogP contribution in [0.5, 0.6) is 0 Å². The van der Waals surface area contributed by atoms with E-state index in [0.717, 1.165) is 75.1 Å². The molecule has 3 fully saturated rings. The molecule has 1 heterocycles. The maximum atomic E-state index is 15.0. The monoisotopic (exact) mass is 563 g/mol. The number of aromatic nitrogens is 1. The first-order valence-corrected chi connectivity index (χ1v) is 15.9. The Morgan fingerprint density at radius 1 is 0.951 bits per heavy atom. The number of nitrogens with one attached hydrogen (secondary N) is 1. The minimum atomic E-state index is -0.634. The molecule has 0 unspecified atom stereocenters. The van der Waals surface area contributed by atoms with Gasteiger partial charge in [0, 0.05) is 22.6 Å². The fourth-order valence-electron chi connectivity index (χ4n) is 12.0. The molecule has 0 amide bonds. The molecule has 5 heteroatoms. The van der Waals surface area contributed by atoms with Crippen LogP contribution in [0, 0.1) is 56.5 Å². The third-order valence-electron chi connectivity index (χ3n) is 14.3. The average Bonchev–Trinajstić information content (AvgIpc) is 3.23. The number of benzene rings is 1. The highest BCUT2D eigenvalue weighted by molar-refractivity contribution is 5.86. The summed E-state index contributed by atoms with van der Waals surface area (Å²) in [5.41, 5.74) is 3.29. The van der Waals surface area contributed by atoms with Crippen LogP contribution in [0.4, 0.5) is 8.78 Å². The summed E-state index contributed by atoms with van der Waals surface area (Å²) in [4.78, 5) is 16.4. The SMILES string of the molecule is CC1(C)CC[C@]2(C(=O)O)CC[C@]3(C)C(=CC[C@@H]4[C@@]5(C)Cc6c([nH]c7c(F)cc(F)cc67)C(C)(C)[C@@H]5CC[C@]43C)[C@@H]2C1. The quantitative estimate of drug-likeness (QED) is 0.340. The number of hydrogen-bond donors (Lipinski definition) is 2. The summed E-state index contributed by atoms with van der Waals surface area (Å²) in [5.74, 6) is -0.709. The summed E-state index contributed by atoms with van der Waals surface area (Å²) < 4.78 is 29.5. The summed E-state index contributed by atoms with van der Waals surface area (Å²) in [6.45, 7) is 16.7. The van der Waals surface area contributed by atoms with Crippen molar-refractivity contribution in [3.63, 3.8) is 0 Å². The molecule has 0 spiro atoms. The zero-order chi connectivity index (χ0) is 29.5. The van der Waals surface area contributed by atoms with Crippen molar-refractivity contribution in [2.45, 2.75) is 112 Å². The Balaban J connectivity index is 1.37. The molecular weight excluding hydrogens is 516 g/mol. The average molecular weight is 564 g/mol. The zero-order valence-electron chi connectivity index (χ0n) is 25.9. The standard InChI is InChI=1S/C36H47F2NO2/c1-31(2)12-14-36(30(40)41)15-13-34(6)23(24(36)19-31)8-9-27-33(5)18-22-21-16-20(37)17-25(38)28(21)39-29(22)32(3,4)26(33)10-11-35(27,34)7/h8,16-17,24,26-27,39H,9-15,18-19H2,1-7H3,(H,40,41)/t24-,26-,27+,33-,34+,35+,36-/m0/s1. The molecule has 5 aliphatic rings. The number of hydrogen-bond acceptors (Lipinski definition) is 1. The minimum absolute atomic E-state index is 0.0325. The van der Waals surface area contributed by atoms with E-state index in [0.29, 0.717) is 22.7 Å². The maximum Gasteiger partial charge on any atom is 0.310 e. The summed E-state index contributed by atoms with van der Waals surface area (Å²) in [5, 5.41) is 11.3. The van der Waals surface area contributed by atoms with Crippen LogP contribution in [0.2, 0.25) is 0 Å². The van der Waals surface area contributed by atoms with Crippen LogP contribution in [0.25, 0.3) is 10.9 Å². The number of carboxylic acid groups (broad SMARTS) is 1. The van der Waals surface area contributed by atoms with Crippen LogP contribution >= 0.6 is 0 Å². The van der Waals surface area contributed by atoms with Crippen LogP contribution in [0.1, 0.15) is 111 Å². The number of fused-ring (bicyclic) bond motifs is 10. The third-order valence-corrected chi connectivity index (χ3v) is 14.3. The molecule has 0 bridgehead atoms. The first-order valence-electron chi connectivity index (χ1n) is 15.9. The van der Waals surface area contributed by atoms with Gasteiger partial charge in [-0.05, 0) is 109 Å². The van der Waals surface area contributed by atoms with Gasteiger partial charge in [0.15, 0.2) is 0 Å². The van der Waals surface area contributed by atoms with Gasteiger partial charge < -0.3 is 10.1 Å². The summed E-state index contributed by atoms with van der Waals surface area (Å²) >= 11 is 0. The normalized spacial score (nSPS) is 42.3. The van der Waals surface area contributed by atoms with Crippen LogP contribution in [-0.4, -0.2) is 16.1 Å². The Morgan fingerprint density at radius 2 is 1.66 bits per heavy atom. The molecule has 7 atom stereocenters. The molecule has 2 aromatic rings. The Morgan fingerprint density at radius 3 is 2.37 bits per heavy atom. The van der Waals surface area contributed by atoms with Gasteiger partial charge in [-0.1, -0.05) is 60.1 Å². The van der Waals surface area contributed by atoms with Crippen molar-refractivity contribution in [3.05, 3.63) is 46.7 Å². The van der Waals surface area contributed by atoms with Crippen molar-refractivity contribution < 1.29 is 18.7 Å². The Kier molecular flexibility index (Phi) is 5.43. The zero-order valence-corrected chi connectivity index (χ0v) is 25.9. The summed E-state index contributed by atoms with van der Waals surface area (Å²) in [7, 11) is 0. The Bertz CT molecular complexity index is 1520. The maximum absolute atomic E-state index is 15.0. The number of rotatable bonds is 1. The van der Waals surface area contributed by atoms with E-state index in [9.17, 15) is 18.7 Å². The highest BCUT2D eigenvalue weighted by Crippen LogP contribution is 2.75. The first-order chi connectivity index (χ1) is 19.0. The van der Waals surface area contributed by atoms with E-state index in [2.05, 4.69) is 59.5 Å². The minimum Gasteiger partial charge on any atom is -0.481 e. The lowest BCUT2D eigenvalue weighted by Gasteiger charge is -2.70. The van der Waals surface area contributed by atoms with Crippen LogP contribution in [-0.2, 0) is 16.6 Å². The number of allylic oxidation sites excluding steroid dienone is 2. The fourth-order valence-corrected chi connectivity index (χ4v) is 12.0. The number of carbonyl (C=O) groups is 1. The van der Waals surface area contributed by atoms with Crippen molar-refractivity contribution in [1.82, 2.24) is 4.98 Å². The van der Waals surface area contributed by atoms with Gasteiger partial charge in [-0.25, -0.2) is 8.78 Å². The smallest absolute Gasteiger partial charge is 0.310 e. The lowest BCUT2D eigenvalue weighted by molar-refractivity contribution is -0.177. The second-order valence-electron chi connectivity index (χ2n) is 16.9. The summed E-state index contributed by atoms with van der Waals surface area (Å²) in [6, 6.07) is 2.51. The molecule has 1 aromatic heterocycles. The molecule has 2 N–H and O–H groups in total. The van der Waals surface area contributed by atoms with Crippen LogP contribution in [0.15, 0.2) is 23.8 Å². The van der Waals surface area contributed by atoms with Gasteiger partial charge in [0.05, 0.1) is 10.9 Å². The molecule has 7 rings (SSSR count). The highest BCUT2D eigenvalue weighted by Gasteiger charge is 2.69. The number of H-pyrrole nitrogens is 1. The number of halogens is 2. The van der Waals surface area contributed by atoms with E-state index < -0.39 is 23.0 Å². The van der Waals surface area contributed by atoms with E-state index in [4.69, 9.17) is 0 Å². The molecule has 222 valence electrons. The third kappa shape index (κ3) is 3.27. The van der Waals surface area contributed by atoms with E-state index in [1.807, 2.05) is 0 Å². The second kappa shape index (κ2) is 8.05. The van der Waals surface area contributed by atoms with Gasteiger partial charge in [0.2, 0.25) is 0 Å². The molecule has 41 heavy (non-hydrogen) atoms. The Hall–Kier alpha value is -2.17. The van der Waals surface area contributed by atoms with Crippen molar-refractivity contribution in [3.8, 4) is 0 Å². The Labute approximate surface area is 243 Å². The number of carboxylic acids is 1. The second-order valence-corrected chi connectivity index (χ2v) is 16.9. The lowest BCUT2D eigenvalue weighted by atomic mass is 9.33. The number of aliphatic carboxylic acids is 1. The van der Waals surface area contributed by atoms with Gasteiger partial charge in [-0.15, -0.1) is 0 Å². The van der Waals surface area contributed by atoms with Crippen molar-refractivity contribution >= 4 is 16.9 Å². The van der Waals surface area contributed by atoms with Gasteiger partial charge in [0.25, 0.3) is 0 Å². The van der Waals surface area contributed by atoms with Crippen molar-refractivity contribution in [1.29, 1.82) is 0 Å². The fraction of sp³-hybridized carbons (Fsp3) is 0.694. The van der Waals surface area contributed by atoms with E-state index in [1.165, 1.54) is 11.6 Å². The molecular formula is C36H47F2NO2. The summed E-state index contributed by atoms with van der Waals surface area (Å²) in [6.07, 6.45) is 10.9. The van der Waals surface area contributed by atoms with Crippen LogP contribution in [0.3, 0.4) is 0 Å². The topological polar surface area (TPSA) is 53.1 Å². The van der Waals surface area contributed by atoms with Crippen molar-refractivity contribution in [2.24, 2.45) is 44.8 Å². The van der Waals surface area contributed by atoms with E-state index >= 15 is 0 Å². The predicted molar refractivity (Wildman–Crippen MR) is 159 cm³/mol. The molecule has 0 saturated heterocycles. The van der Waals surface area contributed by atoms with Crippen LogP contribution < -0.4 is 0 Å². The number of aromatic amines is 1. The molecule has 0 aliphatic heterocycles. The molecule has 1 aromatic carbocycles. The molecule has 3 nitrogen and oxygen atoms in total. The van der Waals surface area contributed by atoms with Crippen molar-refractivity contribution in [2.75, 3.05) is 0 Å². The molecule has 3 saturated carbocycles. The van der Waals surface area contributed by atoms with Gasteiger partial charge in [0.1, 0.15) is 11.6 Å². The van der Waals surface area contributed by atoms with E-state index in [1.54, 1.807) is 0 Å². The van der Waals surface area contributed by atoms with E-state index in [-0.39, 0.29) is 33.0 Å². The molecule has 5 aliphatic carbocycles. The predicted octanol–water partition coefficient (Wildman–Crippen LogP) is 9.35. The van der Waals surface area contributed by atoms with Gasteiger partial charge in [-0.2, -0.15) is 0 Å². The van der Waals surface area contributed by atoms with Gasteiger partial charge >= 0.3 is 5.97 Å². The highest BCUT2D eigenvalue weighted by atomic mass is 19.1. The first kappa shape index (κ1) is 27.7. The largest absolute Gasteiger partial charge is 0.481 e. The molecule has 0 radical (unpaired) electrons.